The zero-order valence-corrected chi connectivity index (χ0v) is 16.5. The van der Waals surface area contributed by atoms with Gasteiger partial charge in [-0.15, -0.1) is 0 Å². The Labute approximate surface area is 171 Å². The summed E-state index contributed by atoms with van der Waals surface area (Å²) in [6.45, 7) is 1.82. The van der Waals surface area contributed by atoms with Gasteiger partial charge in [0, 0.05) is 17.1 Å². The van der Waals surface area contributed by atoms with E-state index in [1.807, 2.05) is 37.3 Å². The highest BCUT2D eigenvalue weighted by molar-refractivity contribution is 7.98. The number of thioether (sulfide) groups is 1. The fourth-order valence-electron chi connectivity index (χ4n) is 3.16. The Balaban J connectivity index is 1.55. The maximum Gasteiger partial charge on any atom is 0.314 e. The van der Waals surface area contributed by atoms with Gasteiger partial charge in [0.25, 0.3) is 0 Å². The molecular formula is C21H19FN4O2S. The van der Waals surface area contributed by atoms with Crippen LogP contribution in [0, 0.1) is 5.82 Å². The summed E-state index contributed by atoms with van der Waals surface area (Å²) >= 11 is 1.69. The second-order valence-electron chi connectivity index (χ2n) is 6.71. The number of benzene rings is 2. The smallest absolute Gasteiger partial charge is 0.314 e. The SMILES string of the molecule is C[C@H](NC(=O)C(=O)Nc1c2c(nn1-c1ccc(F)cc1)CSC2)c1ccccc1. The monoisotopic (exact) mass is 410 g/mol. The summed E-state index contributed by atoms with van der Waals surface area (Å²) in [6.07, 6.45) is 0. The van der Waals surface area contributed by atoms with E-state index in [-0.39, 0.29) is 11.9 Å². The van der Waals surface area contributed by atoms with E-state index < -0.39 is 11.8 Å². The van der Waals surface area contributed by atoms with Gasteiger partial charge in [-0.05, 0) is 36.8 Å². The molecule has 0 fully saturated rings. The molecule has 1 aliphatic rings. The van der Waals surface area contributed by atoms with Crippen LogP contribution in [0.1, 0.15) is 29.8 Å². The molecule has 0 radical (unpaired) electrons. The number of carbonyl (C=O) groups excluding carboxylic acids is 2. The van der Waals surface area contributed by atoms with Crippen molar-refractivity contribution in [1.82, 2.24) is 15.1 Å². The van der Waals surface area contributed by atoms with Crippen molar-refractivity contribution in [2.75, 3.05) is 5.32 Å². The van der Waals surface area contributed by atoms with Gasteiger partial charge in [0.2, 0.25) is 0 Å². The molecule has 1 aromatic heterocycles. The lowest BCUT2D eigenvalue weighted by atomic mass is 10.1. The summed E-state index contributed by atoms with van der Waals surface area (Å²) in [5.74, 6) is 0.00833. The highest BCUT2D eigenvalue weighted by Crippen LogP contribution is 2.36. The summed E-state index contributed by atoms with van der Waals surface area (Å²) < 4.78 is 14.8. The Morgan fingerprint density at radius 2 is 1.79 bits per heavy atom. The van der Waals surface area contributed by atoms with Crippen molar-refractivity contribution in [1.29, 1.82) is 0 Å². The largest absolute Gasteiger partial charge is 0.341 e. The van der Waals surface area contributed by atoms with Gasteiger partial charge in [-0.25, -0.2) is 9.07 Å². The molecule has 1 atom stereocenters. The van der Waals surface area contributed by atoms with Gasteiger partial charge in [0.05, 0.1) is 17.4 Å². The lowest BCUT2D eigenvalue weighted by Crippen LogP contribution is -2.37. The summed E-state index contributed by atoms with van der Waals surface area (Å²) in [6, 6.07) is 14.9. The van der Waals surface area contributed by atoms with Crippen LogP contribution >= 0.6 is 11.8 Å². The Hall–Kier alpha value is -3.13. The second kappa shape index (κ2) is 8.08. The number of halogens is 1. The molecule has 6 nitrogen and oxygen atoms in total. The van der Waals surface area contributed by atoms with Gasteiger partial charge in [0.1, 0.15) is 11.6 Å². The van der Waals surface area contributed by atoms with Crippen LogP contribution in [0.5, 0.6) is 0 Å². The van der Waals surface area contributed by atoms with E-state index in [9.17, 15) is 14.0 Å². The average Bonchev–Trinajstić information content (AvgIpc) is 3.32. The first kappa shape index (κ1) is 19.2. The van der Waals surface area contributed by atoms with Crippen LogP contribution in [0.4, 0.5) is 10.2 Å². The Morgan fingerprint density at radius 3 is 2.52 bits per heavy atom. The number of carbonyl (C=O) groups is 2. The molecule has 3 aromatic rings. The zero-order chi connectivity index (χ0) is 20.4. The number of rotatable bonds is 4. The number of anilines is 1. The van der Waals surface area contributed by atoms with Crippen LogP contribution in [0.25, 0.3) is 5.69 Å². The van der Waals surface area contributed by atoms with Crippen molar-refractivity contribution in [3.05, 3.63) is 77.2 Å². The Kier molecular flexibility index (Phi) is 5.35. The van der Waals surface area contributed by atoms with Gasteiger partial charge in [-0.2, -0.15) is 16.9 Å². The predicted octanol–water partition coefficient (Wildman–Crippen LogP) is 3.57. The second-order valence-corrected chi connectivity index (χ2v) is 7.70. The summed E-state index contributed by atoms with van der Waals surface area (Å²) in [5.41, 5.74) is 3.26. The molecule has 29 heavy (non-hydrogen) atoms. The number of fused-ring (bicyclic) bond motifs is 1. The first-order valence-electron chi connectivity index (χ1n) is 9.14. The molecule has 4 rings (SSSR count). The summed E-state index contributed by atoms with van der Waals surface area (Å²) in [7, 11) is 0. The third-order valence-electron chi connectivity index (χ3n) is 4.71. The topological polar surface area (TPSA) is 76.0 Å². The summed E-state index contributed by atoms with van der Waals surface area (Å²) in [5, 5.41) is 9.95. The van der Waals surface area contributed by atoms with Crippen LogP contribution < -0.4 is 10.6 Å². The summed E-state index contributed by atoms with van der Waals surface area (Å²) in [4.78, 5) is 25.0. The standard InChI is InChI=1S/C21H19FN4O2S/c1-13(14-5-3-2-4-6-14)23-20(27)21(28)24-19-17-11-29-12-18(17)25-26(19)16-9-7-15(22)8-10-16/h2-10,13H,11-12H2,1H3,(H,23,27)(H,24,28)/t13-/m0/s1. The van der Waals surface area contributed by atoms with Crippen LogP contribution in [-0.2, 0) is 21.1 Å². The molecule has 0 saturated carbocycles. The average molecular weight is 410 g/mol. The number of hydrogen-bond donors (Lipinski definition) is 2. The van der Waals surface area contributed by atoms with Gasteiger partial charge < -0.3 is 10.6 Å². The van der Waals surface area contributed by atoms with E-state index in [2.05, 4.69) is 15.7 Å². The van der Waals surface area contributed by atoms with E-state index >= 15 is 0 Å². The molecule has 148 valence electrons. The quantitative estimate of drug-likeness (QED) is 0.645. The minimum absolute atomic E-state index is 0.308. The third-order valence-corrected chi connectivity index (χ3v) is 5.68. The molecule has 2 heterocycles. The molecule has 0 unspecified atom stereocenters. The number of aromatic nitrogens is 2. The van der Waals surface area contributed by atoms with Gasteiger partial charge in [-0.1, -0.05) is 30.3 Å². The lowest BCUT2D eigenvalue weighted by Gasteiger charge is -2.15. The fraction of sp³-hybridized carbons (Fsp3) is 0.190. The van der Waals surface area contributed by atoms with Crippen LogP contribution in [0.2, 0.25) is 0 Å². The molecule has 0 spiro atoms. The van der Waals surface area contributed by atoms with E-state index in [0.29, 0.717) is 17.3 Å². The first-order valence-corrected chi connectivity index (χ1v) is 10.3. The third kappa shape index (κ3) is 4.02. The van der Waals surface area contributed by atoms with Crippen molar-refractivity contribution >= 4 is 29.4 Å². The van der Waals surface area contributed by atoms with Crippen molar-refractivity contribution in [2.24, 2.45) is 0 Å². The van der Waals surface area contributed by atoms with Crippen LogP contribution in [0.15, 0.2) is 54.6 Å². The highest BCUT2D eigenvalue weighted by atomic mass is 32.2. The molecule has 2 aromatic carbocycles. The van der Waals surface area contributed by atoms with E-state index in [0.717, 1.165) is 22.6 Å². The van der Waals surface area contributed by atoms with Crippen molar-refractivity contribution in [3.8, 4) is 5.69 Å². The van der Waals surface area contributed by atoms with E-state index in [1.165, 1.54) is 12.1 Å². The number of hydrogen-bond acceptors (Lipinski definition) is 4. The van der Waals surface area contributed by atoms with Crippen molar-refractivity contribution in [2.45, 2.75) is 24.5 Å². The molecule has 8 heteroatoms. The molecule has 2 N–H and O–H groups in total. The molecule has 2 amide bonds. The molecule has 0 bridgehead atoms. The lowest BCUT2D eigenvalue weighted by molar-refractivity contribution is -0.136. The first-order chi connectivity index (χ1) is 14.0. The van der Waals surface area contributed by atoms with Gasteiger partial charge in [0.15, 0.2) is 0 Å². The Morgan fingerprint density at radius 1 is 1.07 bits per heavy atom. The Bertz CT molecular complexity index is 1050. The van der Waals surface area contributed by atoms with Crippen LogP contribution in [-0.4, -0.2) is 21.6 Å². The number of nitrogens with one attached hydrogen (secondary N) is 2. The molecule has 1 aliphatic heterocycles. The predicted molar refractivity (Wildman–Crippen MR) is 110 cm³/mol. The number of amides is 2. The molecule has 0 aliphatic carbocycles. The zero-order valence-electron chi connectivity index (χ0n) is 15.7. The van der Waals surface area contributed by atoms with Crippen molar-refractivity contribution < 1.29 is 14.0 Å². The minimum Gasteiger partial charge on any atom is -0.341 e. The fourth-order valence-corrected chi connectivity index (χ4v) is 4.20. The maximum absolute atomic E-state index is 13.3. The molecular weight excluding hydrogens is 391 g/mol. The van der Waals surface area contributed by atoms with Crippen LogP contribution in [0.3, 0.4) is 0 Å². The van der Waals surface area contributed by atoms with Crippen molar-refractivity contribution in [3.63, 3.8) is 0 Å². The maximum atomic E-state index is 13.3. The normalized spacial score (nSPS) is 13.6. The minimum atomic E-state index is -0.768. The van der Waals surface area contributed by atoms with Gasteiger partial charge in [-0.3, -0.25) is 9.59 Å². The molecule has 0 saturated heterocycles. The number of nitrogens with zero attached hydrogens (tertiary/aromatic N) is 2. The van der Waals surface area contributed by atoms with E-state index in [4.69, 9.17) is 0 Å². The highest BCUT2D eigenvalue weighted by Gasteiger charge is 2.27. The van der Waals surface area contributed by atoms with E-state index in [1.54, 1.807) is 28.6 Å². The van der Waals surface area contributed by atoms with Gasteiger partial charge >= 0.3 is 11.8 Å².